The molecule has 0 aromatic heterocycles. The second-order valence-corrected chi connectivity index (χ2v) is 8.26. The lowest BCUT2D eigenvalue weighted by molar-refractivity contribution is -0.0111. The van der Waals surface area contributed by atoms with Crippen LogP contribution in [0.15, 0.2) is 0 Å². The van der Waals surface area contributed by atoms with E-state index in [1.807, 2.05) is 0 Å². The van der Waals surface area contributed by atoms with Crippen LogP contribution in [0.3, 0.4) is 0 Å². The van der Waals surface area contributed by atoms with Gasteiger partial charge in [0.05, 0.1) is 0 Å². The fourth-order valence-electron chi connectivity index (χ4n) is 4.54. The van der Waals surface area contributed by atoms with E-state index in [0.29, 0.717) is 23.4 Å². The van der Waals surface area contributed by atoms with E-state index in [4.69, 9.17) is 5.73 Å². The van der Waals surface area contributed by atoms with Crippen LogP contribution in [0.5, 0.6) is 0 Å². The van der Waals surface area contributed by atoms with Gasteiger partial charge in [-0.1, -0.05) is 27.2 Å². The van der Waals surface area contributed by atoms with Crippen molar-refractivity contribution in [2.24, 2.45) is 23.0 Å². The van der Waals surface area contributed by atoms with Crippen molar-refractivity contribution in [3.05, 3.63) is 0 Å². The molecule has 0 aromatic carbocycles. The van der Waals surface area contributed by atoms with Crippen LogP contribution in [0.2, 0.25) is 0 Å². The first-order valence-electron chi connectivity index (χ1n) is 9.03. The number of likely N-dealkylation sites (N-methyl/N-ethyl adjacent to an activating group) is 1. The molecule has 3 heteroatoms. The van der Waals surface area contributed by atoms with Gasteiger partial charge in [-0.05, 0) is 57.0 Å². The first-order valence-corrected chi connectivity index (χ1v) is 9.03. The van der Waals surface area contributed by atoms with Crippen LogP contribution in [0.1, 0.15) is 53.4 Å². The Labute approximate surface area is 132 Å². The lowest BCUT2D eigenvalue weighted by Gasteiger charge is -2.51. The highest BCUT2D eigenvalue weighted by Gasteiger charge is 2.41. The highest BCUT2D eigenvalue weighted by Crippen LogP contribution is 2.43. The summed E-state index contributed by atoms with van der Waals surface area (Å²) < 4.78 is 0. The van der Waals surface area contributed by atoms with Crippen molar-refractivity contribution in [3.63, 3.8) is 0 Å². The van der Waals surface area contributed by atoms with E-state index in [0.717, 1.165) is 12.5 Å². The second kappa shape index (κ2) is 6.97. The summed E-state index contributed by atoms with van der Waals surface area (Å²) in [5.74, 6) is 1.57. The molecule has 0 spiro atoms. The molecule has 2 fully saturated rings. The van der Waals surface area contributed by atoms with Gasteiger partial charge in [0.25, 0.3) is 0 Å². The molecular formula is C18H37N3. The Morgan fingerprint density at radius 3 is 2.48 bits per heavy atom. The molecule has 1 aliphatic carbocycles. The third-order valence-electron chi connectivity index (χ3n) is 6.58. The van der Waals surface area contributed by atoms with Gasteiger partial charge in [0.15, 0.2) is 0 Å². The summed E-state index contributed by atoms with van der Waals surface area (Å²) in [4.78, 5) is 5.25. The molecule has 0 amide bonds. The first kappa shape index (κ1) is 17.2. The van der Waals surface area contributed by atoms with Gasteiger partial charge in [-0.15, -0.1) is 0 Å². The molecule has 1 heterocycles. The predicted octanol–water partition coefficient (Wildman–Crippen LogP) is 2.80. The molecule has 4 unspecified atom stereocenters. The highest BCUT2D eigenvalue weighted by molar-refractivity contribution is 4.94. The predicted molar refractivity (Wildman–Crippen MR) is 91.4 cm³/mol. The minimum Gasteiger partial charge on any atom is -0.330 e. The Hall–Kier alpha value is -0.120. The van der Waals surface area contributed by atoms with Crippen LogP contribution in [-0.4, -0.2) is 55.1 Å². The Bertz CT molecular complexity index is 328. The van der Waals surface area contributed by atoms with Crippen molar-refractivity contribution in [2.75, 3.05) is 33.2 Å². The summed E-state index contributed by atoms with van der Waals surface area (Å²) in [6.07, 6.45) is 5.35. The monoisotopic (exact) mass is 295 g/mol. The molecule has 2 rings (SSSR count). The highest BCUT2D eigenvalue weighted by atomic mass is 15.3. The van der Waals surface area contributed by atoms with Crippen molar-refractivity contribution in [3.8, 4) is 0 Å². The Kier molecular flexibility index (Phi) is 5.72. The molecule has 21 heavy (non-hydrogen) atoms. The van der Waals surface area contributed by atoms with Crippen molar-refractivity contribution < 1.29 is 0 Å². The molecule has 3 nitrogen and oxygen atoms in total. The molecular weight excluding hydrogens is 258 g/mol. The molecule has 0 aromatic rings. The zero-order valence-corrected chi connectivity index (χ0v) is 14.9. The van der Waals surface area contributed by atoms with Crippen molar-refractivity contribution in [1.29, 1.82) is 0 Å². The van der Waals surface area contributed by atoms with Crippen LogP contribution in [0.4, 0.5) is 0 Å². The summed E-state index contributed by atoms with van der Waals surface area (Å²) in [7, 11) is 2.25. The van der Waals surface area contributed by atoms with Crippen LogP contribution < -0.4 is 5.73 Å². The van der Waals surface area contributed by atoms with E-state index in [9.17, 15) is 0 Å². The minimum atomic E-state index is 0.480. The largest absolute Gasteiger partial charge is 0.330 e. The van der Waals surface area contributed by atoms with Gasteiger partial charge >= 0.3 is 0 Å². The molecule has 1 saturated heterocycles. The number of hydrogen-bond donors (Lipinski definition) is 1. The minimum absolute atomic E-state index is 0.480. The van der Waals surface area contributed by atoms with Crippen LogP contribution >= 0.6 is 0 Å². The average Bonchev–Trinajstić information content (AvgIpc) is 2.46. The third kappa shape index (κ3) is 3.80. The topological polar surface area (TPSA) is 32.5 Å². The van der Waals surface area contributed by atoms with Gasteiger partial charge in [-0.25, -0.2) is 0 Å². The van der Waals surface area contributed by atoms with Gasteiger partial charge in [0.2, 0.25) is 0 Å². The van der Waals surface area contributed by atoms with E-state index in [-0.39, 0.29) is 0 Å². The van der Waals surface area contributed by atoms with Crippen LogP contribution in [0.25, 0.3) is 0 Å². The van der Waals surface area contributed by atoms with Crippen molar-refractivity contribution in [2.45, 2.75) is 65.5 Å². The zero-order valence-electron chi connectivity index (χ0n) is 14.9. The van der Waals surface area contributed by atoms with Gasteiger partial charge in [-0.2, -0.15) is 0 Å². The van der Waals surface area contributed by atoms with E-state index in [2.05, 4.69) is 44.5 Å². The van der Waals surface area contributed by atoms with Gasteiger partial charge in [0.1, 0.15) is 0 Å². The molecule has 0 radical (unpaired) electrons. The maximum absolute atomic E-state index is 6.12. The lowest BCUT2D eigenvalue weighted by Crippen LogP contribution is -2.58. The normalized spacial score (nSPS) is 36.9. The van der Waals surface area contributed by atoms with E-state index in [1.54, 1.807) is 0 Å². The number of nitrogens with two attached hydrogens (primary N) is 1. The van der Waals surface area contributed by atoms with E-state index >= 15 is 0 Å². The van der Waals surface area contributed by atoms with Gasteiger partial charge < -0.3 is 10.6 Å². The smallest absolute Gasteiger partial charge is 0.0198 e. The fraction of sp³-hybridized carbons (Fsp3) is 1.00. The second-order valence-electron chi connectivity index (χ2n) is 8.26. The standard InChI is InChI=1S/C18H37N3/c1-6-18(3,4)16-8-7-15(12-19)17(11-16)21-10-9-20(5)13-14(21)2/h14-17H,6-13,19H2,1-5H3. The Morgan fingerprint density at radius 1 is 1.19 bits per heavy atom. The average molecular weight is 296 g/mol. The maximum Gasteiger partial charge on any atom is 0.0198 e. The van der Waals surface area contributed by atoms with Gasteiger partial charge in [0, 0.05) is 31.7 Å². The lowest BCUT2D eigenvalue weighted by atomic mass is 9.65. The molecule has 4 atom stereocenters. The van der Waals surface area contributed by atoms with Crippen molar-refractivity contribution in [1.82, 2.24) is 9.80 Å². The first-order chi connectivity index (χ1) is 9.89. The number of rotatable bonds is 4. The SMILES string of the molecule is CCC(C)(C)C1CCC(CN)C(N2CCN(C)CC2C)C1. The third-order valence-corrected chi connectivity index (χ3v) is 6.58. The van der Waals surface area contributed by atoms with Crippen LogP contribution in [0, 0.1) is 17.3 Å². The maximum atomic E-state index is 6.12. The number of hydrogen-bond acceptors (Lipinski definition) is 3. The summed E-state index contributed by atoms with van der Waals surface area (Å²) in [5, 5.41) is 0. The molecule has 1 saturated carbocycles. The number of piperazine rings is 1. The number of nitrogens with zero attached hydrogens (tertiary/aromatic N) is 2. The van der Waals surface area contributed by atoms with Crippen molar-refractivity contribution >= 4 is 0 Å². The molecule has 124 valence electrons. The van der Waals surface area contributed by atoms with E-state index in [1.165, 1.54) is 45.3 Å². The van der Waals surface area contributed by atoms with Crippen LogP contribution in [-0.2, 0) is 0 Å². The fourth-order valence-corrected chi connectivity index (χ4v) is 4.54. The summed E-state index contributed by atoms with van der Waals surface area (Å²) in [5.41, 5.74) is 6.60. The Balaban J connectivity index is 2.10. The molecule has 1 aliphatic heterocycles. The zero-order chi connectivity index (χ0) is 15.6. The summed E-state index contributed by atoms with van der Waals surface area (Å²) in [6.45, 7) is 14.2. The quantitative estimate of drug-likeness (QED) is 0.865. The Morgan fingerprint density at radius 2 is 1.90 bits per heavy atom. The molecule has 2 N–H and O–H groups in total. The molecule has 2 aliphatic rings. The summed E-state index contributed by atoms with van der Waals surface area (Å²) in [6, 6.07) is 1.38. The molecule has 0 bridgehead atoms. The van der Waals surface area contributed by atoms with E-state index < -0.39 is 0 Å². The van der Waals surface area contributed by atoms with Gasteiger partial charge in [-0.3, -0.25) is 4.90 Å². The summed E-state index contributed by atoms with van der Waals surface area (Å²) >= 11 is 0.